The Morgan fingerprint density at radius 2 is 2.10 bits per heavy atom. The van der Waals surface area contributed by atoms with E-state index in [-0.39, 0.29) is 29.9 Å². The van der Waals surface area contributed by atoms with Crippen molar-refractivity contribution in [3.05, 3.63) is 52.1 Å². The Labute approximate surface area is 174 Å². The molecule has 1 unspecified atom stereocenters. The number of aryl methyl sites for hydroxylation is 2. The molecule has 0 spiro atoms. The van der Waals surface area contributed by atoms with Gasteiger partial charge in [0, 0.05) is 19.0 Å². The lowest BCUT2D eigenvalue weighted by Crippen LogP contribution is -2.40. The number of alkyl halides is 3. The second-order valence-corrected chi connectivity index (χ2v) is 8.21. The molecule has 30 heavy (non-hydrogen) atoms. The first-order valence-corrected chi connectivity index (χ1v) is 10.3. The summed E-state index contributed by atoms with van der Waals surface area (Å²) in [5.74, 6) is -0.0787. The second kappa shape index (κ2) is 7.82. The molecule has 158 valence electrons. The maximum atomic E-state index is 13.5. The summed E-state index contributed by atoms with van der Waals surface area (Å²) in [4.78, 5) is 23.5. The molecular formula is C20H19F3N4O2S. The predicted molar refractivity (Wildman–Crippen MR) is 104 cm³/mol. The van der Waals surface area contributed by atoms with Gasteiger partial charge < -0.3 is 9.42 Å². The number of halogens is 3. The minimum absolute atomic E-state index is 0.115. The standard InChI is InChI=1S/C20H19F3N4O2S/c1-11-17(12(2)29-26-11)19(28)27-7-3-5-13(10-27)18-24-14(15-6-4-8-30-15)9-16(25-18)20(21,22)23/h4,6,8-9,13H,3,5,7,10H2,1-2H3. The van der Waals surface area contributed by atoms with Gasteiger partial charge in [0.05, 0.1) is 16.3 Å². The normalized spacial score (nSPS) is 17.4. The molecule has 3 aromatic rings. The molecule has 1 fully saturated rings. The van der Waals surface area contributed by atoms with Crippen molar-refractivity contribution in [1.29, 1.82) is 0 Å². The Bertz CT molecular complexity index is 1040. The van der Waals surface area contributed by atoms with Crippen molar-refractivity contribution in [2.45, 2.75) is 38.8 Å². The van der Waals surface area contributed by atoms with Crippen LogP contribution in [0.5, 0.6) is 0 Å². The van der Waals surface area contributed by atoms with E-state index in [0.29, 0.717) is 41.3 Å². The number of aromatic nitrogens is 3. The van der Waals surface area contributed by atoms with Crippen LogP contribution in [0.2, 0.25) is 0 Å². The molecule has 4 heterocycles. The first-order chi connectivity index (χ1) is 14.2. The second-order valence-electron chi connectivity index (χ2n) is 7.26. The molecule has 10 heteroatoms. The zero-order chi connectivity index (χ0) is 21.5. The molecule has 3 aromatic heterocycles. The van der Waals surface area contributed by atoms with Crippen LogP contribution in [0.3, 0.4) is 0 Å². The van der Waals surface area contributed by atoms with Gasteiger partial charge in [0.1, 0.15) is 22.8 Å². The van der Waals surface area contributed by atoms with E-state index in [1.807, 2.05) is 0 Å². The van der Waals surface area contributed by atoms with Crippen LogP contribution >= 0.6 is 11.3 Å². The zero-order valence-corrected chi connectivity index (χ0v) is 17.2. The van der Waals surface area contributed by atoms with E-state index < -0.39 is 11.9 Å². The molecule has 1 saturated heterocycles. The molecular weight excluding hydrogens is 417 g/mol. The van der Waals surface area contributed by atoms with Gasteiger partial charge >= 0.3 is 6.18 Å². The number of hydrogen-bond donors (Lipinski definition) is 0. The third-order valence-electron chi connectivity index (χ3n) is 5.13. The van der Waals surface area contributed by atoms with Crippen molar-refractivity contribution in [3.63, 3.8) is 0 Å². The average Bonchev–Trinajstić information content (AvgIpc) is 3.37. The number of amides is 1. The third kappa shape index (κ3) is 3.96. The summed E-state index contributed by atoms with van der Waals surface area (Å²) in [6, 6.07) is 4.47. The molecule has 0 aromatic carbocycles. The first-order valence-electron chi connectivity index (χ1n) is 9.46. The van der Waals surface area contributed by atoms with Gasteiger partial charge in [0.2, 0.25) is 0 Å². The van der Waals surface area contributed by atoms with E-state index in [4.69, 9.17) is 4.52 Å². The topological polar surface area (TPSA) is 72.1 Å². The number of piperidine rings is 1. The SMILES string of the molecule is Cc1noc(C)c1C(=O)N1CCCC(c2nc(-c3cccs3)cc(C(F)(F)F)n2)C1. The van der Waals surface area contributed by atoms with Crippen LogP contribution in [0, 0.1) is 13.8 Å². The van der Waals surface area contributed by atoms with E-state index in [1.165, 1.54) is 11.3 Å². The quantitative estimate of drug-likeness (QED) is 0.587. The fraction of sp³-hybridized carbons (Fsp3) is 0.400. The number of nitrogens with zero attached hydrogens (tertiary/aromatic N) is 4. The van der Waals surface area contributed by atoms with Crippen molar-refractivity contribution in [1.82, 2.24) is 20.0 Å². The Morgan fingerprint density at radius 1 is 1.30 bits per heavy atom. The van der Waals surface area contributed by atoms with Crippen LogP contribution in [0.25, 0.3) is 10.6 Å². The number of likely N-dealkylation sites (tertiary alicyclic amines) is 1. The highest BCUT2D eigenvalue weighted by atomic mass is 32.1. The molecule has 0 saturated carbocycles. The predicted octanol–water partition coefficient (Wildman–Crippen LogP) is 4.85. The lowest BCUT2D eigenvalue weighted by atomic mass is 9.96. The summed E-state index contributed by atoms with van der Waals surface area (Å²) >= 11 is 1.32. The zero-order valence-electron chi connectivity index (χ0n) is 16.4. The smallest absolute Gasteiger partial charge is 0.361 e. The minimum atomic E-state index is -4.58. The van der Waals surface area contributed by atoms with Crippen molar-refractivity contribution in [2.24, 2.45) is 0 Å². The highest BCUT2D eigenvalue weighted by Crippen LogP contribution is 2.34. The summed E-state index contributed by atoms with van der Waals surface area (Å²) in [6.07, 6.45) is -3.32. The Hall–Kier alpha value is -2.75. The van der Waals surface area contributed by atoms with Gasteiger partial charge in [-0.15, -0.1) is 11.3 Å². The van der Waals surface area contributed by atoms with Crippen LogP contribution < -0.4 is 0 Å². The molecule has 1 aliphatic rings. The summed E-state index contributed by atoms with van der Waals surface area (Å²) in [6.45, 7) is 4.11. The van der Waals surface area contributed by atoms with Gasteiger partial charge in [0.15, 0.2) is 0 Å². The fourth-order valence-electron chi connectivity index (χ4n) is 3.66. The lowest BCUT2D eigenvalue weighted by molar-refractivity contribution is -0.141. The van der Waals surface area contributed by atoms with Gasteiger partial charge in [-0.25, -0.2) is 9.97 Å². The van der Waals surface area contributed by atoms with Gasteiger partial charge in [0.25, 0.3) is 5.91 Å². The summed E-state index contributed by atoms with van der Waals surface area (Å²) in [5.41, 5.74) is 0.177. The molecule has 1 amide bonds. The van der Waals surface area contributed by atoms with E-state index >= 15 is 0 Å². The minimum Gasteiger partial charge on any atom is -0.361 e. The number of carbonyl (C=O) groups is 1. The molecule has 0 bridgehead atoms. The van der Waals surface area contributed by atoms with Crippen molar-refractivity contribution in [2.75, 3.05) is 13.1 Å². The van der Waals surface area contributed by atoms with E-state index in [9.17, 15) is 18.0 Å². The molecule has 0 N–H and O–H groups in total. The van der Waals surface area contributed by atoms with Crippen molar-refractivity contribution in [3.8, 4) is 10.6 Å². The Morgan fingerprint density at radius 3 is 2.73 bits per heavy atom. The van der Waals surface area contributed by atoms with Crippen LogP contribution in [-0.4, -0.2) is 39.0 Å². The maximum absolute atomic E-state index is 13.5. The van der Waals surface area contributed by atoms with Crippen LogP contribution in [0.4, 0.5) is 13.2 Å². The first kappa shape index (κ1) is 20.5. The van der Waals surface area contributed by atoms with Gasteiger partial charge in [-0.1, -0.05) is 11.2 Å². The highest BCUT2D eigenvalue weighted by molar-refractivity contribution is 7.13. The fourth-order valence-corrected chi connectivity index (χ4v) is 4.35. The molecule has 1 aliphatic heterocycles. The maximum Gasteiger partial charge on any atom is 0.433 e. The van der Waals surface area contributed by atoms with E-state index in [0.717, 1.165) is 6.07 Å². The van der Waals surface area contributed by atoms with Crippen molar-refractivity contribution >= 4 is 17.2 Å². The molecule has 0 radical (unpaired) electrons. The molecule has 0 aliphatic carbocycles. The Kier molecular flexibility index (Phi) is 5.35. The lowest BCUT2D eigenvalue weighted by Gasteiger charge is -2.32. The number of carbonyl (C=O) groups excluding carboxylic acids is 1. The van der Waals surface area contributed by atoms with Gasteiger partial charge in [-0.2, -0.15) is 13.2 Å². The third-order valence-corrected chi connectivity index (χ3v) is 6.02. The Balaban J connectivity index is 1.66. The molecule has 1 atom stereocenters. The summed E-state index contributed by atoms with van der Waals surface area (Å²) in [7, 11) is 0. The van der Waals surface area contributed by atoms with Gasteiger partial charge in [-0.3, -0.25) is 4.79 Å². The number of rotatable bonds is 3. The average molecular weight is 436 g/mol. The monoisotopic (exact) mass is 436 g/mol. The number of thiophene rings is 1. The van der Waals surface area contributed by atoms with Gasteiger partial charge in [-0.05, 0) is 44.2 Å². The largest absolute Gasteiger partial charge is 0.433 e. The van der Waals surface area contributed by atoms with E-state index in [2.05, 4.69) is 15.1 Å². The van der Waals surface area contributed by atoms with Crippen LogP contribution in [0.15, 0.2) is 28.1 Å². The van der Waals surface area contributed by atoms with Crippen LogP contribution in [-0.2, 0) is 6.18 Å². The number of hydrogen-bond acceptors (Lipinski definition) is 6. The summed E-state index contributed by atoms with van der Waals surface area (Å²) < 4.78 is 45.5. The highest BCUT2D eigenvalue weighted by Gasteiger charge is 2.36. The molecule has 6 nitrogen and oxygen atoms in total. The van der Waals surface area contributed by atoms with E-state index in [1.54, 1.807) is 36.3 Å². The van der Waals surface area contributed by atoms with Crippen molar-refractivity contribution < 1.29 is 22.5 Å². The van der Waals surface area contributed by atoms with Crippen LogP contribution in [0.1, 0.15) is 52.1 Å². The molecule has 4 rings (SSSR count). The summed E-state index contributed by atoms with van der Waals surface area (Å²) in [5, 5.41) is 5.60.